The number of para-hydroxylation sites is 1. The van der Waals surface area contributed by atoms with Gasteiger partial charge in [-0.05, 0) is 24.6 Å². The molecule has 4 rings (SSSR count). The zero-order valence-electron chi connectivity index (χ0n) is 15.1. The molecule has 1 amide bonds. The summed E-state index contributed by atoms with van der Waals surface area (Å²) in [7, 11) is 0. The second-order valence-electron chi connectivity index (χ2n) is 6.38. The van der Waals surface area contributed by atoms with E-state index in [1.807, 2.05) is 49.4 Å². The minimum absolute atomic E-state index is 0.101. The van der Waals surface area contributed by atoms with Crippen LogP contribution >= 0.6 is 24.0 Å². The number of hydrogen-bond acceptors (Lipinski definition) is 5. The lowest BCUT2D eigenvalue weighted by atomic mass is 10.1. The molecule has 1 aliphatic heterocycles. The maximum atomic E-state index is 11.9. The fraction of sp³-hybridized carbons (Fsp3) is 0.143. The van der Waals surface area contributed by atoms with E-state index in [0.717, 1.165) is 27.7 Å². The van der Waals surface area contributed by atoms with Crippen molar-refractivity contribution in [2.24, 2.45) is 5.10 Å². The van der Waals surface area contributed by atoms with Crippen molar-refractivity contribution in [3.8, 4) is 6.07 Å². The number of hydrazone groups is 1. The van der Waals surface area contributed by atoms with Gasteiger partial charge in [-0.15, -0.1) is 0 Å². The fourth-order valence-electron chi connectivity index (χ4n) is 3.34. The molecule has 0 saturated carbocycles. The van der Waals surface area contributed by atoms with Crippen molar-refractivity contribution in [2.45, 2.75) is 13.5 Å². The van der Waals surface area contributed by atoms with Gasteiger partial charge in [-0.1, -0.05) is 60.4 Å². The number of thioether (sulfide) groups is 1. The molecular weight excluding hydrogens is 388 g/mol. The lowest BCUT2D eigenvalue weighted by molar-refractivity contribution is -0.123. The summed E-state index contributed by atoms with van der Waals surface area (Å²) in [6.07, 6.45) is 1.71. The highest BCUT2D eigenvalue weighted by Crippen LogP contribution is 2.27. The average molecular weight is 405 g/mol. The third-order valence-corrected chi connectivity index (χ3v) is 6.11. The summed E-state index contributed by atoms with van der Waals surface area (Å²) in [4.78, 5) is 11.9. The Morgan fingerprint density at radius 1 is 1.25 bits per heavy atom. The quantitative estimate of drug-likeness (QED) is 0.486. The van der Waals surface area contributed by atoms with Gasteiger partial charge in [-0.3, -0.25) is 4.79 Å². The molecular formula is C21H16N4OS2. The number of hydrogen-bond donors (Lipinski definition) is 0. The van der Waals surface area contributed by atoms with Crippen molar-refractivity contribution in [1.82, 2.24) is 9.58 Å². The molecule has 1 aliphatic rings. The van der Waals surface area contributed by atoms with Crippen LogP contribution < -0.4 is 0 Å². The van der Waals surface area contributed by atoms with Gasteiger partial charge in [-0.25, -0.2) is 0 Å². The standard InChI is InChI=1S/C21H16N4OS2/c1-14-18(11-23-25-20(26)13-28-21(25)27)17-8-4-5-9-19(17)24(14)12-16-7-3-2-6-15(16)10-22/h2-9,11H,12-13H2,1H3/b23-11-. The van der Waals surface area contributed by atoms with Crippen molar-refractivity contribution in [3.63, 3.8) is 0 Å². The number of carbonyl (C=O) groups is 1. The fourth-order valence-corrected chi connectivity index (χ4v) is 4.30. The molecule has 5 nitrogen and oxygen atoms in total. The van der Waals surface area contributed by atoms with Crippen LogP contribution in [0.25, 0.3) is 10.9 Å². The molecule has 1 fully saturated rings. The number of aromatic nitrogens is 1. The number of nitrogens with zero attached hydrogens (tertiary/aromatic N) is 4. The monoisotopic (exact) mass is 404 g/mol. The average Bonchev–Trinajstić information content (AvgIpc) is 3.17. The lowest BCUT2D eigenvalue weighted by Crippen LogP contribution is -2.22. The Kier molecular flexibility index (Phi) is 4.99. The molecule has 0 bridgehead atoms. The summed E-state index contributed by atoms with van der Waals surface area (Å²) in [6, 6.07) is 17.9. The number of amides is 1. The van der Waals surface area contributed by atoms with Crippen LogP contribution in [0.1, 0.15) is 22.4 Å². The van der Waals surface area contributed by atoms with Gasteiger partial charge < -0.3 is 4.57 Å². The van der Waals surface area contributed by atoms with Crippen LogP contribution in [0.2, 0.25) is 0 Å². The predicted molar refractivity (Wildman–Crippen MR) is 116 cm³/mol. The van der Waals surface area contributed by atoms with E-state index in [1.54, 1.807) is 6.21 Å². The van der Waals surface area contributed by atoms with Gasteiger partial charge in [-0.2, -0.15) is 15.4 Å². The predicted octanol–water partition coefficient (Wildman–Crippen LogP) is 4.06. The zero-order chi connectivity index (χ0) is 19.7. The van der Waals surface area contributed by atoms with Crippen LogP contribution in [-0.4, -0.2) is 31.8 Å². The number of thiocarbonyl (C=S) groups is 1. The maximum absolute atomic E-state index is 11.9. The Labute approximate surface area is 172 Å². The van der Waals surface area contributed by atoms with Crippen molar-refractivity contribution in [3.05, 3.63) is 70.9 Å². The summed E-state index contributed by atoms with van der Waals surface area (Å²) in [5.41, 5.74) is 4.64. The van der Waals surface area contributed by atoms with Crippen molar-refractivity contribution in [1.29, 1.82) is 5.26 Å². The van der Waals surface area contributed by atoms with Crippen molar-refractivity contribution < 1.29 is 4.79 Å². The first-order chi connectivity index (χ1) is 13.6. The first-order valence-electron chi connectivity index (χ1n) is 8.69. The zero-order valence-corrected chi connectivity index (χ0v) is 16.8. The molecule has 0 unspecified atom stereocenters. The summed E-state index contributed by atoms with van der Waals surface area (Å²) in [6.45, 7) is 2.61. The normalized spacial score (nSPS) is 14.4. The van der Waals surface area contributed by atoms with Crippen LogP contribution in [-0.2, 0) is 11.3 Å². The minimum atomic E-state index is -0.101. The Hall–Kier alpha value is -2.95. The van der Waals surface area contributed by atoms with Gasteiger partial charge >= 0.3 is 0 Å². The van der Waals surface area contributed by atoms with Gasteiger partial charge in [0.15, 0.2) is 4.32 Å². The molecule has 2 aromatic carbocycles. The minimum Gasteiger partial charge on any atom is -0.340 e. The second kappa shape index (κ2) is 7.58. The van der Waals surface area contributed by atoms with E-state index in [1.165, 1.54) is 16.8 Å². The molecule has 2 heterocycles. The van der Waals surface area contributed by atoms with Crippen LogP contribution in [0, 0.1) is 18.3 Å². The van der Waals surface area contributed by atoms with Crippen LogP contribution in [0.15, 0.2) is 53.6 Å². The Bertz CT molecular complexity index is 1160. The molecule has 0 radical (unpaired) electrons. The number of nitriles is 1. The topological polar surface area (TPSA) is 61.4 Å². The summed E-state index contributed by atoms with van der Waals surface area (Å²) >= 11 is 6.53. The first kappa shape index (κ1) is 18.4. The summed E-state index contributed by atoms with van der Waals surface area (Å²) in [5.74, 6) is 0.234. The molecule has 7 heteroatoms. The molecule has 138 valence electrons. The van der Waals surface area contributed by atoms with E-state index in [-0.39, 0.29) is 5.91 Å². The van der Waals surface area contributed by atoms with E-state index >= 15 is 0 Å². The Morgan fingerprint density at radius 2 is 2.00 bits per heavy atom. The number of benzene rings is 2. The molecule has 0 N–H and O–H groups in total. The van der Waals surface area contributed by atoms with Gasteiger partial charge in [0.2, 0.25) is 0 Å². The SMILES string of the molecule is Cc1c(/C=N\N2C(=O)CSC2=S)c2ccccc2n1Cc1ccccc1C#N. The Morgan fingerprint density at radius 3 is 2.75 bits per heavy atom. The van der Waals surface area contributed by atoms with Gasteiger partial charge in [0.1, 0.15) is 0 Å². The van der Waals surface area contributed by atoms with Crippen molar-refractivity contribution in [2.75, 3.05) is 5.75 Å². The Balaban J connectivity index is 1.79. The third-order valence-electron chi connectivity index (χ3n) is 4.78. The van der Waals surface area contributed by atoms with Crippen LogP contribution in [0.5, 0.6) is 0 Å². The second-order valence-corrected chi connectivity index (χ2v) is 7.99. The first-order valence-corrected chi connectivity index (χ1v) is 10.1. The molecule has 28 heavy (non-hydrogen) atoms. The van der Waals surface area contributed by atoms with Crippen LogP contribution in [0.4, 0.5) is 0 Å². The van der Waals surface area contributed by atoms with E-state index in [2.05, 4.69) is 21.8 Å². The smallest absolute Gasteiger partial charge is 0.259 e. The molecule has 0 aliphatic carbocycles. The van der Waals surface area contributed by atoms with Gasteiger partial charge in [0.05, 0.1) is 23.6 Å². The lowest BCUT2D eigenvalue weighted by Gasteiger charge is -2.10. The summed E-state index contributed by atoms with van der Waals surface area (Å²) in [5, 5.41) is 16.1. The number of rotatable bonds is 4. The van der Waals surface area contributed by atoms with E-state index in [4.69, 9.17) is 12.2 Å². The molecule has 1 saturated heterocycles. The van der Waals surface area contributed by atoms with Crippen LogP contribution in [0.3, 0.4) is 0 Å². The molecule has 3 aromatic rings. The highest BCUT2D eigenvalue weighted by molar-refractivity contribution is 8.23. The highest BCUT2D eigenvalue weighted by Gasteiger charge is 2.26. The maximum Gasteiger partial charge on any atom is 0.259 e. The van der Waals surface area contributed by atoms with E-state index in [0.29, 0.717) is 22.2 Å². The van der Waals surface area contributed by atoms with Gasteiger partial charge in [0.25, 0.3) is 5.91 Å². The number of fused-ring (bicyclic) bond motifs is 1. The summed E-state index contributed by atoms with van der Waals surface area (Å²) < 4.78 is 2.65. The highest BCUT2D eigenvalue weighted by atomic mass is 32.2. The number of carbonyl (C=O) groups excluding carboxylic acids is 1. The third kappa shape index (κ3) is 3.21. The van der Waals surface area contributed by atoms with Gasteiger partial charge in [0, 0.05) is 28.7 Å². The largest absolute Gasteiger partial charge is 0.340 e. The molecule has 0 spiro atoms. The van der Waals surface area contributed by atoms with Crippen molar-refractivity contribution >= 4 is 51.3 Å². The molecule has 0 atom stereocenters. The van der Waals surface area contributed by atoms with E-state index < -0.39 is 0 Å². The van der Waals surface area contributed by atoms with E-state index in [9.17, 15) is 10.1 Å². The molecule has 1 aromatic heterocycles.